The van der Waals surface area contributed by atoms with Gasteiger partial charge >= 0.3 is 0 Å². The lowest BCUT2D eigenvalue weighted by Gasteiger charge is -2.35. The summed E-state index contributed by atoms with van der Waals surface area (Å²) in [6, 6.07) is 0.216. The van der Waals surface area contributed by atoms with Crippen molar-refractivity contribution >= 4 is 11.8 Å². The normalized spacial score (nSPS) is 30.0. The molecule has 2 amide bonds. The lowest BCUT2D eigenvalue weighted by atomic mass is 10.1. The molecule has 0 aromatic rings. The molecule has 3 saturated heterocycles. The van der Waals surface area contributed by atoms with E-state index in [-0.39, 0.29) is 23.8 Å². The molecule has 1 unspecified atom stereocenters. The summed E-state index contributed by atoms with van der Waals surface area (Å²) in [5.74, 6) is 0.119. The van der Waals surface area contributed by atoms with Crippen molar-refractivity contribution in [3.05, 3.63) is 0 Å². The van der Waals surface area contributed by atoms with E-state index >= 15 is 0 Å². The average Bonchev–Trinajstić information content (AvgIpc) is 2.95. The first kappa shape index (κ1) is 16.7. The van der Waals surface area contributed by atoms with Crippen LogP contribution >= 0.6 is 0 Å². The maximum Gasteiger partial charge on any atom is 0.228 e. The first-order valence-corrected chi connectivity index (χ1v) is 8.74. The van der Waals surface area contributed by atoms with Gasteiger partial charge < -0.3 is 19.9 Å². The molecule has 130 valence electrons. The van der Waals surface area contributed by atoms with Crippen LogP contribution in [0.2, 0.25) is 0 Å². The highest BCUT2D eigenvalue weighted by Gasteiger charge is 2.38. The molecule has 3 rings (SSSR count). The number of carbonyl (C=O) groups excluding carboxylic acids is 2. The van der Waals surface area contributed by atoms with Gasteiger partial charge in [0, 0.05) is 64.8 Å². The van der Waals surface area contributed by atoms with Gasteiger partial charge in [0.1, 0.15) is 0 Å². The van der Waals surface area contributed by atoms with Gasteiger partial charge in [-0.3, -0.25) is 14.5 Å². The van der Waals surface area contributed by atoms with Crippen LogP contribution in [0.5, 0.6) is 0 Å². The van der Waals surface area contributed by atoms with Gasteiger partial charge in [-0.1, -0.05) is 0 Å². The van der Waals surface area contributed by atoms with E-state index in [9.17, 15) is 9.59 Å². The summed E-state index contributed by atoms with van der Waals surface area (Å²) < 4.78 is 5.34. The Bertz CT molecular complexity index is 439. The predicted molar refractivity (Wildman–Crippen MR) is 86.0 cm³/mol. The molecule has 0 saturated carbocycles. The lowest BCUT2D eigenvalue weighted by molar-refractivity contribution is -0.138. The Balaban J connectivity index is 1.49. The smallest absolute Gasteiger partial charge is 0.228 e. The van der Waals surface area contributed by atoms with E-state index in [2.05, 4.69) is 17.1 Å². The number of carbonyl (C=O) groups is 2. The number of amides is 2. The molecular formula is C16H28N4O3. The van der Waals surface area contributed by atoms with Crippen molar-refractivity contribution in [3.63, 3.8) is 0 Å². The largest absolute Gasteiger partial charge is 0.379 e. The number of hydrogen-bond donors (Lipinski definition) is 1. The van der Waals surface area contributed by atoms with Gasteiger partial charge in [-0.05, 0) is 6.92 Å². The van der Waals surface area contributed by atoms with E-state index < -0.39 is 0 Å². The van der Waals surface area contributed by atoms with Gasteiger partial charge in [-0.25, -0.2) is 0 Å². The van der Waals surface area contributed by atoms with Crippen LogP contribution in [0.3, 0.4) is 0 Å². The van der Waals surface area contributed by atoms with Crippen LogP contribution in [0.25, 0.3) is 0 Å². The zero-order valence-electron chi connectivity index (χ0n) is 14.0. The number of piperazine rings is 1. The number of ether oxygens (including phenoxy) is 1. The first-order valence-electron chi connectivity index (χ1n) is 8.74. The van der Waals surface area contributed by atoms with Crippen molar-refractivity contribution in [1.82, 2.24) is 20.0 Å². The molecule has 3 heterocycles. The quantitative estimate of drug-likeness (QED) is 0.718. The van der Waals surface area contributed by atoms with Gasteiger partial charge in [0.25, 0.3) is 0 Å². The van der Waals surface area contributed by atoms with E-state index in [0.717, 1.165) is 59.0 Å². The van der Waals surface area contributed by atoms with Crippen molar-refractivity contribution in [2.45, 2.75) is 19.4 Å². The third kappa shape index (κ3) is 4.02. The first-order chi connectivity index (χ1) is 11.1. The molecule has 0 spiro atoms. The van der Waals surface area contributed by atoms with E-state index in [1.165, 1.54) is 0 Å². The number of nitrogens with zero attached hydrogens (tertiary/aromatic N) is 3. The molecule has 0 bridgehead atoms. The molecule has 1 N–H and O–H groups in total. The standard InChI is InChI=1S/C16H28N4O3/c1-13-11-17-2-3-20(13)16(22)14-10-15(21)19(12-14)5-4-18-6-8-23-9-7-18/h13-14,17H,2-12H2,1H3/t13-,14?/m0/s1. The average molecular weight is 324 g/mol. The maximum atomic E-state index is 12.7. The lowest BCUT2D eigenvalue weighted by Crippen LogP contribution is -2.54. The van der Waals surface area contributed by atoms with Crippen LogP contribution < -0.4 is 5.32 Å². The molecule has 7 heteroatoms. The van der Waals surface area contributed by atoms with Crippen molar-refractivity contribution < 1.29 is 14.3 Å². The van der Waals surface area contributed by atoms with Crippen molar-refractivity contribution in [2.24, 2.45) is 5.92 Å². The SMILES string of the molecule is C[C@H]1CNCCN1C(=O)C1CC(=O)N(CCN2CCOCC2)C1. The second kappa shape index (κ2) is 7.59. The number of likely N-dealkylation sites (tertiary alicyclic amines) is 1. The summed E-state index contributed by atoms with van der Waals surface area (Å²) in [6.45, 7) is 10.1. The molecule has 2 atom stereocenters. The number of nitrogens with one attached hydrogen (secondary N) is 1. The molecule has 3 aliphatic heterocycles. The molecule has 3 aliphatic rings. The highest BCUT2D eigenvalue weighted by molar-refractivity contribution is 5.89. The summed E-state index contributed by atoms with van der Waals surface area (Å²) in [6.07, 6.45) is 0.374. The van der Waals surface area contributed by atoms with Gasteiger partial charge in [-0.2, -0.15) is 0 Å². The van der Waals surface area contributed by atoms with Crippen LogP contribution in [-0.2, 0) is 14.3 Å². The third-order valence-electron chi connectivity index (χ3n) is 5.14. The van der Waals surface area contributed by atoms with Crippen molar-refractivity contribution in [2.75, 3.05) is 65.6 Å². The maximum absolute atomic E-state index is 12.7. The van der Waals surface area contributed by atoms with Crippen LogP contribution in [0.4, 0.5) is 0 Å². The molecule has 0 radical (unpaired) electrons. The molecule has 0 aromatic heterocycles. The number of morpholine rings is 1. The zero-order chi connectivity index (χ0) is 16.2. The summed E-state index contributed by atoms with van der Waals surface area (Å²) in [4.78, 5) is 31.1. The Morgan fingerprint density at radius 1 is 1.26 bits per heavy atom. The van der Waals surface area contributed by atoms with Gasteiger partial charge in [0.15, 0.2) is 0 Å². The van der Waals surface area contributed by atoms with Crippen LogP contribution in [0.15, 0.2) is 0 Å². The molecule has 7 nitrogen and oxygen atoms in total. The number of rotatable bonds is 4. The van der Waals surface area contributed by atoms with Gasteiger partial charge in [0.2, 0.25) is 11.8 Å². The van der Waals surface area contributed by atoms with Crippen molar-refractivity contribution in [1.29, 1.82) is 0 Å². The second-order valence-corrected chi connectivity index (χ2v) is 6.78. The molecule has 23 heavy (non-hydrogen) atoms. The van der Waals surface area contributed by atoms with E-state index in [1.807, 2.05) is 9.80 Å². The van der Waals surface area contributed by atoms with E-state index in [4.69, 9.17) is 4.74 Å². The second-order valence-electron chi connectivity index (χ2n) is 6.78. The fourth-order valence-electron chi connectivity index (χ4n) is 3.64. The molecule has 3 fully saturated rings. The summed E-state index contributed by atoms with van der Waals surface area (Å²) in [5.41, 5.74) is 0. The Kier molecular flexibility index (Phi) is 5.50. The minimum Gasteiger partial charge on any atom is -0.379 e. The Morgan fingerprint density at radius 3 is 2.78 bits per heavy atom. The van der Waals surface area contributed by atoms with Crippen LogP contribution in [0, 0.1) is 5.92 Å². The summed E-state index contributed by atoms with van der Waals surface area (Å²) >= 11 is 0. The van der Waals surface area contributed by atoms with Crippen LogP contribution in [-0.4, -0.2) is 98.1 Å². The fourth-order valence-corrected chi connectivity index (χ4v) is 3.64. The number of hydrogen-bond acceptors (Lipinski definition) is 5. The Hall–Kier alpha value is -1.18. The van der Waals surface area contributed by atoms with Gasteiger partial charge in [-0.15, -0.1) is 0 Å². The highest BCUT2D eigenvalue weighted by Crippen LogP contribution is 2.21. The third-order valence-corrected chi connectivity index (χ3v) is 5.14. The van der Waals surface area contributed by atoms with Crippen LogP contribution in [0.1, 0.15) is 13.3 Å². The fraction of sp³-hybridized carbons (Fsp3) is 0.875. The van der Waals surface area contributed by atoms with E-state index in [1.54, 1.807) is 0 Å². The highest BCUT2D eigenvalue weighted by atomic mass is 16.5. The summed E-state index contributed by atoms with van der Waals surface area (Å²) in [7, 11) is 0. The predicted octanol–water partition coefficient (Wildman–Crippen LogP) is -1.01. The molecular weight excluding hydrogens is 296 g/mol. The summed E-state index contributed by atoms with van der Waals surface area (Å²) in [5, 5.41) is 3.30. The monoisotopic (exact) mass is 324 g/mol. The Labute approximate surface area is 137 Å². The Morgan fingerprint density at radius 2 is 2.04 bits per heavy atom. The molecule has 0 aromatic carbocycles. The molecule has 0 aliphatic carbocycles. The minimum atomic E-state index is -0.160. The topological polar surface area (TPSA) is 65.1 Å². The van der Waals surface area contributed by atoms with Crippen molar-refractivity contribution in [3.8, 4) is 0 Å². The van der Waals surface area contributed by atoms with E-state index in [0.29, 0.717) is 13.0 Å². The van der Waals surface area contributed by atoms with Gasteiger partial charge in [0.05, 0.1) is 19.1 Å². The zero-order valence-corrected chi connectivity index (χ0v) is 14.0. The minimum absolute atomic E-state index is 0.124.